The van der Waals surface area contributed by atoms with Crippen LogP contribution in [0.1, 0.15) is 25.5 Å². The van der Waals surface area contributed by atoms with E-state index in [0.29, 0.717) is 70.6 Å². The van der Waals surface area contributed by atoms with Crippen LogP contribution in [-0.2, 0) is 15.9 Å². The number of anilines is 2. The predicted octanol–water partition coefficient (Wildman–Crippen LogP) is 1.50. The van der Waals surface area contributed by atoms with Gasteiger partial charge in [-0.3, -0.25) is 4.98 Å². The van der Waals surface area contributed by atoms with Crippen molar-refractivity contribution in [2.45, 2.75) is 26.2 Å². The molecule has 0 atom stereocenters. The third-order valence-corrected chi connectivity index (χ3v) is 3.90. The predicted molar refractivity (Wildman–Crippen MR) is 116 cm³/mol. The van der Waals surface area contributed by atoms with Crippen molar-refractivity contribution in [1.82, 2.24) is 19.9 Å². The summed E-state index contributed by atoms with van der Waals surface area (Å²) in [5, 5.41) is 6.36. The van der Waals surface area contributed by atoms with Gasteiger partial charge < -0.3 is 30.6 Å². The van der Waals surface area contributed by atoms with Gasteiger partial charge in [-0.1, -0.05) is 19.4 Å². The zero-order valence-electron chi connectivity index (χ0n) is 17.7. The molecule has 0 spiro atoms. The standard InChI is InChI=1S/C20H33N7O3/c1-2-3-12-30-20-26-18(23-10-7-17-6-4-5-9-22-17)25-19(27-20)24-11-14-29-16-15-28-13-8-21/h4-6,9H,2-3,7-8,10-16,21H2,1H3,(H2,23,24,25,26,27). The van der Waals surface area contributed by atoms with E-state index in [-0.39, 0.29) is 0 Å². The Morgan fingerprint density at radius 1 is 0.900 bits per heavy atom. The van der Waals surface area contributed by atoms with Crippen LogP contribution in [-0.4, -0.2) is 72.6 Å². The zero-order chi connectivity index (χ0) is 21.3. The molecule has 10 heteroatoms. The smallest absolute Gasteiger partial charge is 0.323 e. The van der Waals surface area contributed by atoms with E-state index < -0.39 is 0 Å². The Kier molecular flexibility index (Phi) is 12.1. The summed E-state index contributed by atoms with van der Waals surface area (Å²) in [5.74, 6) is 0.908. The molecule has 0 aromatic carbocycles. The van der Waals surface area contributed by atoms with Crippen LogP contribution in [0.5, 0.6) is 6.01 Å². The fourth-order valence-corrected chi connectivity index (χ4v) is 2.38. The Morgan fingerprint density at radius 3 is 2.37 bits per heavy atom. The number of rotatable bonds is 17. The molecule has 30 heavy (non-hydrogen) atoms. The van der Waals surface area contributed by atoms with Crippen molar-refractivity contribution in [3.05, 3.63) is 30.1 Å². The fourth-order valence-electron chi connectivity index (χ4n) is 2.38. The highest BCUT2D eigenvalue weighted by atomic mass is 16.5. The van der Waals surface area contributed by atoms with Crippen LogP contribution >= 0.6 is 0 Å². The Hall–Kier alpha value is -2.56. The molecule has 0 aliphatic heterocycles. The summed E-state index contributed by atoms with van der Waals surface area (Å²) in [6.07, 6.45) is 4.53. The molecule has 0 unspecified atom stereocenters. The SMILES string of the molecule is CCCCOc1nc(NCCOCCOCCN)nc(NCCc2ccccn2)n1. The lowest BCUT2D eigenvalue weighted by atomic mass is 10.3. The van der Waals surface area contributed by atoms with Crippen molar-refractivity contribution in [2.24, 2.45) is 5.73 Å². The van der Waals surface area contributed by atoms with Crippen LogP contribution in [0.2, 0.25) is 0 Å². The molecule has 0 aliphatic carbocycles. The van der Waals surface area contributed by atoms with Crippen molar-refractivity contribution in [3.8, 4) is 6.01 Å². The lowest BCUT2D eigenvalue weighted by molar-refractivity contribution is 0.0547. The quantitative estimate of drug-likeness (QED) is 0.324. The van der Waals surface area contributed by atoms with E-state index in [0.717, 1.165) is 25.0 Å². The van der Waals surface area contributed by atoms with Crippen LogP contribution in [0.15, 0.2) is 24.4 Å². The van der Waals surface area contributed by atoms with Gasteiger partial charge in [0.1, 0.15) is 0 Å². The minimum atomic E-state index is 0.303. The molecule has 4 N–H and O–H groups in total. The number of aromatic nitrogens is 4. The van der Waals surface area contributed by atoms with E-state index in [1.54, 1.807) is 6.20 Å². The van der Waals surface area contributed by atoms with Gasteiger partial charge in [-0.25, -0.2) is 0 Å². The molecule has 10 nitrogen and oxygen atoms in total. The number of unbranched alkanes of at least 4 members (excludes halogenated alkanes) is 1. The molecule has 0 aliphatic rings. The second kappa shape index (κ2) is 15.3. The van der Waals surface area contributed by atoms with Crippen molar-refractivity contribution < 1.29 is 14.2 Å². The van der Waals surface area contributed by atoms with Crippen LogP contribution in [0, 0.1) is 0 Å². The van der Waals surface area contributed by atoms with E-state index in [9.17, 15) is 0 Å². The van der Waals surface area contributed by atoms with Gasteiger partial charge in [0.15, 0.2) is 0 Å². The Balaban J connectivity index is 1.81. The normalized spacial score (nSPS) is 10.7. The van der Waals surface area contributed by atoms with Gasteiger partial charge in [0.25, 0.3) is 0 Å². The number of ether oxygens (including phenoxy) is 3. The average molecular weight is 420 g/mol. The number of hydrogen-bond donors (Lipinski definition) is 3. The molecule has 2 aromatic rings. The van der Waals surface area contributed by atoms with E-state index in [1.807, 2.05) is 18.2 Å². The van der Waals surface area contributed by atoms with Gasteiger partial charge in [-0.2, -0.15) is 15.0 Å². The van der Waals surface area contributed by atoms with E-state index in [1.165, 1.54) is 0 Å². The number of pyridine rings is 1. The van der Waals surface area contributed by atoms with Gasteiger partial charge in [0.05, 0.1) is 33.0 Å². The van der Waals surface area contributed by atoms with Gasteiger partial charge in [-0.05, 0) is 18.6 Å². The van der Waals surface area contributed by atoms with Crippen molar-refractivity contribution in [2.75, 3.05) is 63.3 Å². The molecular formula is C20H33N7O3. The van der Waals surface area contributed by atoms with E-state index in [4.69, 9.17) is 19.9 Å². The maximum absolute atomic E-state index is 5.66. The monoisotopic (exact) mass is 419 g/mol. The van der Waals surface area contributed by atoms with Crippen LogP contribution < -0.4 is 21.1 Å². The Bertz CT molecular complexity index is 691. The molecule has 0 amide bonds. The average Bonchev–Trinajstić information content (AvgIpc) is 2.76. The summed E-state index contributed by atoms with van der Waals surface area (Å²) in [6, 6.07) is 6.16. The van der Waals surface area contributed by atoms with Crippen LogP contribution in [0.25, 0.3) is 0 Å². The van der Waals surface area contributed by atoms with Gasteiger partial charge in [-0.15, -0.1) is 0 Å². The van der Waals surface area contributed by atoms with Crippen molar-refractivity contribution in [3.63, 3.8) is 0 Å². The maximum atomic E-state index is 5.66. The second-order valence-electron chi connectivity index (χ2n) is 6.41. The second-order valence-corrected chi connectivity index (χ2v) is 6.41. The first-order valence-corrected chi connectivity index (χ1v) is 10.4. The highest BCUT2D eigenvalue weighted by molar-refractivity contribution is 5.36. The topological polar surface area (TPSA) is 129 Å². The molecule has 0 fully saturated rings. The van der Waals surface area contributed by atoms with Gasteiger partial charge in [0.2, 0.25) is 11.9 Å². The lowest BCUT2D eigenvalue weighted by Crippen LogP contribution is -2.17. The number of nitrogens with two attached hydrogens (primary N) is 1. The summed E-state index contributed by atoms with van der Waals surface area (Å²) in [6.45, 7) is 6.50. The summed E-state index contributed by atoms with van der Waals surface area (Å²) < 4.78 is 16.4. The highest BCUT2D eigenvalue weighted by Gasteiger charge is 2.08. The number of nitrogens with zero attached hydrogens (tertiary/aromatic N) is 4. The van der Waals surface area contributed by atoms with E-state index >= 15 is 0 Å². The molecule has 0 bridgehead atoms. The first kappa shape index (κ1) is 23.7. The zero-order valence-corrected chi connectivity index (χ0v) is 17.7. The summed E-state index contributed by atoms with van der Waals surface area (Å²) in [7, 11) is 0. The summed E-state index contributed by atoms with van der Waals surface area (Å²) >= 11 is 0. The third kappa shape index (κ3) is 10.3. The minimum Gasteiger partial charge on any atom is -0.463 e. The van der Waals surface area contributed by atoms with Crippen LogP contribution in [0.3, 0.4) is 0 Å². The van der Waals surface area contributed by atoms with Crippen molar-refractivity contribution >= 4 is 11.9 Å². The molecular weight excluding hydrogens is 386 g/mol. The number of nitrogens with one attached hydrogen (secondary N) is 2. The fraction of sp³-hybridized carbons (Fsp3) is 0.600. The molecule has 166 valence electrons. The molecule has 2 aromatic heterocycles. The molecule has 2 heterocycles. The Morgan fingerprint density at radius 2 is 1.67 bits per heavy atom. The van der Waals surface area contributed by atoms with Crippen LogP contribution in [0.4, 0.5) is 11.9 Å². The maximum Gasteiger partial charge on any atom is 0.323 e. The first-order valence-electron chi connectivity index (χ1n) is 10.4. The number of hydrogen-bond acceptors (Lipinski definition) is 10. The van der Waals surface area contributed by atoms with E-state index in [2.05, 4.69) is 37.5 Å². The molecule has 2 rings (SSSR count). The molecule has 0 radical (unpaired) electrons. The van der Waals surface area contributed by atoms with Gasteiger partial charge in [0, 0.05) is 37.9 Å². The van der Waals surface area contributed by atoms with Gasteiger partial charge >= 0.3 is 6.01 Å². The lowest BCUT2D eigenvalue weighted by Gasteiger charge is -2.11. The largest absolute Gasteiger partial charge is 0.463 e. The Labute approximate surface area is 178 Å². The third-order valence-electron chi connectivity index (χ3n) is 3.90. The summed E-state index contributed by atoms with van der Waals surface area (Å²) in [5.41, 5.74) is 6.37. The minimum absolute atomic E-state index is 0.303. The molecule has 0 saturated carbocycles. The highest BCUT2D eigenvalue weighted by Crippen LogP contribution is 2.12. The summed E-state index contributed by atoms with van der Waals surface area (Å²) in [4.78, 5) is 17.4. The van der Waals surface area contributed by atoms with Crippen molar-refractivity contribution in [1.29, 1.82) is 0 Å². The molecule has 0 saturated heterocycles. The first-order chi connectivity index (χ1) is 14.8.